The van der Waals surface area contributed by atoms with Crippen molar-refractivity contribution >= 4 is 50.9 Å². The van der Waals surface area contributed by atoms with Gasteiger partial charge in [0.2, 0.25) is 5.75 Å². The minimum atomic E-state index is -0.187. The zero-order chi connectivity index (χ0) is 21.4. The van der Waals surface area contributed by atoms with Gasteiger partial charge >= 0.3 is 0 Å². The van der Waals surface area contributed by atoms with Crippen molar-refractivity contribution in [1.29, 1.82) is 0 Å². The molecule has 4 rings (SSSR count). The number of hydrogen-bond acceptors (Lipinski definition) is 8. The first kappa shape index (κ1) is 20.3. The predicted octanol–water partition coefficient (Wildman–Crippen LogP) is 4.57. The number of thioether (sulfide) groups is 1. The van der Waals surface area contributed by atoms with E-state index in [2.05, 4.69) is 25.1 Å². The zero-order valence-electron chi connectivity index (χ0n) is 17.1. The number of carbonyl (C=O) groups is 1. The molecule has 1 amide bonds. The lowest BCUT2D eigenvalue weighted by Gasteiger charge is -2.12. The molecule has 0 saturated carbocycles. The quantitative estimate of drug-likeness (QED) is 0.621. The monoisotopic (exact) mass is 444 g/mol. The number of nitrogens with zero attached hydrogens (tertiary/aromatic N) is 3. The Morgan fingerprint density at radius 2 is 1.83 bits per heavy atom. The lowest BCUT2D eigenvalue weighted by atomic mass is 10.2. The van der Waals surface area contributed by atoms with E-state index in [-0.39, 0.29) is 5.24 Å². The average molecular weight is 445 g/mol. The maximum Gasteiger partial charge on any atom is 0.289 e. The van der Waals surface area contributed by atoms with E-state index in [9.17, 15) is 4.79 Å². The number of ether oxygens (including phenoxy) is 3. The van der Waals surface area contributed by atoms with Crippen LogP contribution in [-0.4, -0.2) is 41.8 Å². The summed E-state index contributed by atoms with van der Waals surface area (Å²) in [7, 11) is 4.63. The molecule has 2 aromatic heterocycles. The summed E-state index contributed by atoms with van der Waals surface area (Å²) >= 11 is 2.69. The van der Waals surface area contributed by atoms with Gasteiger partial charge in [0.25, 0.3) is 5.24 Å². The maximum absolute atomic E-state index is 12.1. The molecule has 8 nitrogen and oxygen atoms in total. The molecule has 1 aliphatic rings. The number of imidazole rings is 1. The molecule has 1 aromatic carbocycles. The predicted molar refractivity (Wildman–Crippen MR) is 120 cm³/mol. The number of aromatic nitrogens is 2. The van der Waals surface area contributed by atoms with Crippen LogP contribution >= 0.6 is 23.1 Å². The van der Waals surface area contributed by atoms with Crippen LogP contribution in [0.15, 0.2) is 27.4 Å². The van der Waals surface area contributed by atoms with Crippen LogP contribution in [0.25, 0.3) is 11.0 Å². The number of fused-ring (bicyclic) bond motifs is 1. The van der Waals surface area contributed by atoms with Gasteiger partial charge in [0.1, 0.15) is 5.84 Å². The van der Waals surface area contributed by atoms with E-state index in [0.29, 0.717) is 33.7 Å². The van der Waals surface area contributed by atoms with Gasteiger partial charge in [-0.3, -0.25) is 9.20 Å². The van der Waals surface area contributed by atoms with Crippen LogP contribution in [0.3, 0.4) is 0 Å². The third-order valence-electron chi connectivity index (χ3n) is 4.57. The largest absolute Gasteiger partial charge is 0.493 e. The molecule has 3 heterocycles. The van der Waals surface area contributed by atoms with Crippen molar-refractivity contribution in [3.63, 3.8) is 0 Å². The van der Waals surface area contributed by atoms with Gasteiger partial charge in [-0.1, -0.05) is 0 Å². The number of aryl methyl sites for hydroxylation is 2. The molecule has 0 atom stereocenters. The molecular weight excluding hydrogens is 424 g/mol. The molecule has 0 spiro atoms. The van der Waals surface area contributed by atoms with E-state index in [0.717, 1.165) is 33.8 Å². The summed E-state index contributed by atoms with van der Waals surface area (Å²) in [6.07, 6.45) is 1.94. The Balaban J connectivity index is 1.81. The molecule has 1 N–H and O–H groups in total. The first-order valence-corrected chi connectivity index (χ1v) is 10.7. The third kappa shape index (κ3) is 3.52. The molecule has 0 unspecified atom stereocenters. The Kier molecular flexibility index (Phi) is 5.44. The van der Waals surface area contributed by atoms with E-state index in [1.807, 2.05) is 19.9 Å². The van der Waals surface area contributed by atoms with Gasteiger partial charge < -0.3 is 19.5 Å². The van der Waals surface area contributed by atoms with E-state index in [1.165, 1.54) is 0 Å². The van der Waals surface area contributed by atoms with E-state index >= 15 is 0 Å². The smallest absolute Gasteiger partial charge is 0.289 e. The molecule has 0 radical (unpaired) electrons. The summed E-state index contributed by atoms with van der Waals surface area (Å²) in [4.78, 5) is 23.0. The Morgan fingerprint density at radius 3 is 2.47 bits per heavy atom. The number of carbonyl (C=O) groups excluding carboxylic acids is 1. The molecular formula is C20H20N4O4S2. The van der Waals surface area contributed by atoms with Crippen molar-refractivity contribution in [2.75, 3.05) is 21.3 Å². The molecule has 1 aliphatic heterocycles. The second-order valence-electron chi connectivity index (χ2n) is 6.44. The maximum atomic E-state index is 12.1. The fourth-order valence-corrected chi connectivity index (χ4v) is 4.82. The Labute approximate surface area is 181 Å². The number of amidine groups is 1. The van der Waals surface area contributed by atoms with Crippen molar-refractivity contribution in [3.05, 3.63) is 39.5 Å². The van der Waals surface area contributed by atoms with Gasteiger partial charge in [-0.15, -0.1) is 11.3 Å². The minimum absolute atomic E-state index is 0.187. The van der Waals surface area contributed by atoms with E-state index in [1.54, 1.807) is 44.8 Å². The summed E-state index contributed by atoms with van der Waals surface area (Å²) in [5.74, 6) is 1.91. The number of thiazole rings is 1. The number of hydrogen-bond donors (Lipinski definition) is 1. The van der Waals surface area contributed by atoms with Crippen molar-refractivity contribution < 1.29 is 19.0 Å². The highest BCUT2D eigenvalue weighted by Crippen LogP contribution is 2.41. The van der Waals surface area contributed by atoms with Crippen LogP contribution in [0.2, 0.25) is 0 Å². The van der Waals surface area contributed by atoms with Crippen LogP contribution in [-0.2, 0) is 0 Å². The zero-order valence-corrected chi connectivity index (χ0v) is 18.7. The van der Waals surface area contributed by atoms with Crippen LogP contribution in [0, 0.1) is 13.8 Å². The summed E-state index contributed by atoms with van der Waals surface area (Å²) in [6, 6.07) is 3.46. The molecule has 156 valence electrons. The van der Waals surface area contributed by atoms with Crippen molar-refractivity contribution in [3.8, 4) is 17.2 Å². The topological polar surface area (TPSA) is 86.5 Å². The Hall–Kier alpha value is -2.98. The molecule has 30 heavy (non-hydrogen) atoms. The number of methoxy groups -OCH3 is 3. The van der Waals surface area contributed by atoms with Crippen LogP contribution in [0.5, 0.6) is 17.2 Å². The Morgan fingerprint density at radius 1 is 1.13 bits per heavy atom. The van der Waals surface area contributed by atoms with E-state index < -0.39 is 0 Å². The summed E-state index contributed by atoms with van der Waals surface area (Å²) in [5, 5.41) is 4.68. The molecule has 1 saturated heterocycles. The third-order valence-corrected chi connectivity index (χ3v) is 6.33. The first-order valence-electron chi connectivity index (χ1n) is 8.98. The van der Waals surface area contributed by atoms with Crippen molar-refractivity contribution in [2.45, 2.75) is 13.8 Å². The van der Waals surface area contributed by atoms with Gasteiger partial charge in [-0.05, 0) is 31.7 Å². The highest BCUT2D eigenvalue weighted by molar-refractivity contribution is 8.18. The number of aliphatic imine (C=N–C) groups is 1. The van der Waals surface area contributed by atoms with Crippen molar-refractivity contribution in [2.24, 2.45) is 4.99 Å². The lowest BCUT2D eigenvalue weighted by molar-refractivity contribution is 0.265. The fourth-order valence-electron chi connectivity index (χ4n) is 3.19. The van der Waals surface area contributed by atoms with Crippen LogP contribution in [0.1, 0.15) is 17.1 Å². The van der Waals surface area contributed by atoms with Crippen LogP contribution in [0.4, 0.5) is 10.5 Å². The average Bonchev–Trinajstić information content (AvgIpc) is 3.36. The Bertz CT molecular complexity index is 1180. The number of amides is 1. The second kappa shape index (κ2) is 8.04. The summed E-state index contributed by atoms with van der Waals surface area (Å²) < 4.78 is 18.2. The molecule has 10 heteroatoms. The van der Waals surface area contributed by atoms with Crippen LogP contribution < -0.4 is 19.5 Å². The summed E-state index contributed by atoms with van der Waals surface area (Å²) in [5.41, 5.74) is 3.48. The normalized spacial score (nSPS) is 16.5. The standard InChI is InChI=1S/C20H20N4O4S2/c1-10-9-29-19-21-11(2)13(24(10)19)8-16-18(23-20(25)30-16)22-12-6-14(26-3)17(28-5)15(7-12)27-4/h6-9H,1-5H3,(H,22,23,25)/b16-8-. The molecule has 0 bridgehead atoms. The number of rotatable bonds is 5. The number of nitrogens with one attached hydrogen (secondary N) is 1. The van der Waals surface area contributed by atoms with Gasteiger partial charge in [-0.2, -0.15) is 0 Å². The molecule has 3 aromatic rings. The van der Waals surface area contributed by atoms with Gasteiger partial charge in [0.15, 0.2) is 16.5 Å². The highest BCUT2D eigenvalue weighted by atomic mass is 32.2. The highest BCUT2D eigenvalue weighted by Gasteiger charge is 2.25. The fraction of sp³-hybridized carbons (Fsp3) is 0.250. The van der Waals surface area contributed by atoms with Gasteiger partial charge in [0.05, 0.1) is 43.3 Å². The summed E-state index contributed by atoms with van der Waals surface area (Å²) in [6.45, 7) is 3.99. The van der Waals surface area contributed by atoms with Gasteiger partial charge in [-0.25, -0.2) is 9.98 Å². The first-order chi connectivity index (χ1) is 14.4. The second-order valence-corrected chi connectivity index (χ2v) is 8.30. The molecule has 1 fully saturated rings. The minimum Gasteiger partial charge on any atom is -0.493 e. The van der Waals surface area contributed by atoms with Crippen molar-refractivity contribution in [1.82, 2.24) is 14.7 Å². The lowest BCUT2D eigenvalue weighted by Crippen LogP contribution is -2.18. The SMILES string of the molecule is COc1cc(N=C2NC(=O)S/C2=C\c2c(C)nc3scc(C)n23)cc(OC)c1OC. The molecule has 0 aliphatic carbocycles. The van der Waals surface area contributed by atoms with Gasteiger partial charge in [0, 0.05) is 23.2 Å². The number of benzene rings is 1. The van der Waals surface area contributed by atoms with E-state index in [4.69, 9.17) is 14.2 Å².